The summed E-state index contributed by atoms with van der Waals surface area (Å²) in [5.41, 5.74) is 1.66. The zero-order chi connectivity index (χ0) is 6.85. The fraction of sp³-hybridized carbons (Fsp3) is 0.778. The van der Waals surface area contributed by atoms with E-state index in [1.54, 1.807) is 5.57 Å². The molecule has 1 saturated carbocycles. The third-order valence-corrected chi connectivity index (χ3v) is 2.55. The highest BCUT2D eigenvalue weighted by molar-refractivity contribution is 5.08. The maximum Gasteiger partial charge on any atom is -0.0292 e. The zero-order valence-corrected chi connectivity index (χ0v) is 6.65. The van der Waals surface area contributed by atoms with Crippen LogP contribution >= 0.6 is 0 Å². The van der Waals surface area contributed by atoms with Gasteiger partial charge in [0, 0.05) is 0 Å². The molecule has 0 radical (unpaired) electrons. The van der Waals surface area contributed by atoms with Crippen LogP contribution in [-0.2, 0) is 0 Å². The summed E-state index contributed by atoms with van der Waals surface area (Å²) >= 11 is 0. The highest BCUT2D eigenvalue weighted by atomic mass is 14.3. The summed E-state index contributed by atoms with van der Waals surface area (Å²) in [7, 11) is 0. The molecule has 0 saturated heterocycles. The van der Waals surface area contributed by atoms with Crippen LogP contribution in [0.15, 0.2) is 11.6 Å². The average Bonchev–Trinajstić information content (AvgIpc) is 2.13. The van der Waals surface area contributed by atoms with Crippen LogP contribution < -0.4 is 0 Å². The van der Waals surface area contributed by atoms with Gasteiger partial charge in [-0.3, -0.25) is 0 Å². The monoisotopic (exact) mass is 124 g/mol. The van der Waals surface area contributed by atoms with E-state index in [0.717, 1.165) is 11.8 Å². The zero-order valence-electron chi connectivity index (χ0n) is 6.65. The number of allylic oxidation sites excluding steroid dienone is 2. The van der Waals surface area contributed by atoms with Gasteiger partial charge in [0.05, 0.1) is 0 Å². The molecule has 0 heterocycles. The molecule has 0 aromatic rings. The molecule has 1 rings (SSSR count). The highest BCUT2D eigenvalue weighted by Gasteiger charge is 2.21. The number of hydrogen-bond donors (Lipinski definition) is 0. The Morgan fingerprint density at radius 1 is 1.22 bits per heavy atom. The Labute approximate surface area is 58.0 Å². The van der Waals surface area contributed by atoms with Crippen LogP contribution in [0.25, 0.3) is 0 Å². The van der Waals surface area contributed by atoms with E-state index in [1.165, 1.54) is 12.8 Å². The fourth-order valence-electron chi connectivity index (χ4n) is 1.55. The molecule has 0 aliphatic heterocycles. The molecule has 0 spiro atoms. The van der Waals surface area contributed by atoms with Crippen LogP contribution in [0.5, 0.6) is 0 Å². The van der Waals surface area contributed by atoms with Crippen LogP contribution in [0.4, 0.5) is 0 Å². The minimum Gasteiger partial charge on any atom is -0.0884 e. The van der Waals surface area contributed by atoms with E-state index in [4.69, 9.17) is 0 Å². The van der Waals surface area contributed by atoms with Gasteiger partial charge in [0.2, 0.25) is 0 Å². The van der Waals surface area contributed by atoms with Crippen molar-refractivity contribution < 1.29 is 0 Å². The van der Waals surface area contributed by atoms with E-state index in [-0.39, 0.29) is 0 Å². The number of rotatable bonds is 0. The molecule has 0 N–H and O–H groups in total. The summed E-state index contributed by atoms with van der Waals surface area (Å²) in [4.78, 5) is 0. The summed E-state index contributed by atoms with van der Waals surface area (Å²) in [5.74, 6) is 1.85. The Bertz CT molecular complexity index is 110. The summed E-state index contributed by atoms with van der Waals surface area (Å²) in [6.07, 6.45) is 4.97. The molecule has 0 aromatic carbocycles. The second-order valence-electron chi connectivity index (χ2n) is 3.31. The molecular formula is C9H16. The maximum atomic E-state index is 2.35. The molecule has 1 aliphatic carbocycles. The van der Waals surface area contributed by atoms with Crippen LogP contribution in [-0.4, -0.2) is 0 Å². The molecule has 0 bridgehead atoms. The molecule has 9 heavy (non-hydrogen) atoms. The third kappa shape index (κ3) is 1.35. The van der Waals surface area contributed by atoms with Crippen molar-refractivity contribution in [2.45, 2.75) is 33.6 Å². The van der Waals surface area contributed by atoms with Crippen LogP contribution in [0.1, 0.15) is 33.6 Å². The van der Waals surface area contributed by atoms with Crippen molar-refractivity contribution in [3.05, 3.63) is 11.6 Å². The first-order chi connectivity index (χ1) is 4.24. The molecule has 0 heteroatoms. The SMILES string of the molecule is CC=C1C[C@@H](C)[C@@H](C)C1. The maximum absolute atomic E-state index is 2.35. The van der Waals surface area contributed by atoms with Gasteiger partial charge in [-0.2, -0.15) is 0 Å². The fourth-order valence-corrected chi connectivity index (χ4v) is 1.55. The van der Waals surface area contributed by atoms with E-state index in [0.29, 0.717) is 0 Å². The van der Waals surface area contributed by atoms with E-state index >= 15 is 0 Å². The Balaban J connectivity index is 2.54. The standard InChI is InChI=1S/C9H16/c1-4-9-5-7(2)8(3)6-9/h4,7-8H,5-6H2,1-3H3/t7-,8+. The van der Waals surface area contributed by atoms with Crippen LogP contribution in [0, 0.1) is 11.8 Å². The Hall–Kier alpha value is -0.260. The first-order valence-corrected chi connectivity index (χ1v) is 3.88. The van der Waals surface area contributed by atoms with Gasteiger partial charge in [0.15, 0.2) is 0 Å². The average molecular weight is 124 g/mol. The van der Waals surface area contributed by atoms with E-state index in [9.17, 15) is 0 Å². The Morgan fingerprint density at radius 2 is 1.67 bits per heavy atom. The molecule has 2 atom stereocenters. The first-order valence-electron chi connectivity index (χ1n) is 3.88. The predicted molar refractivity (Wildman–Crippen MR) is 41.3 cm³/mol. The molecule has 1 aliphatic rings. The first kappa shape index (κ1) is 6.85. The summed E-state index contributed by atoms with van der Waals surface area (Å²) < 4.78 is 0. The summed E-state index contributed by atoms with van der Waals surface area (Å²) in [5, 5.41) is 0. The van der Waals surface area contributed by atoms with Crippen LogP contribution in [0.2, 0.25) is 0 Å². The second kappa shape index (κ2) is 2.55. The van der Waals surface area contributed by atoms with Crippen molar-refractivity contribution in [3.8, 4) is 0 Å². The van der Waals surface area contributed by atoms with E-state index < -0.39 is 0 Å². The lowest BCUT2D eigenvalue weighted by Crippen LogP contribution is -1.95. The van der Waals surface area contributed by atoms with Gasteiger partial charge < -0.3 is 0 Å². The van der Waals surface area contributed by atoms with Gasteiger partial charge >= 0.3 is 0 Å². The molecule has 1 fully saturated rings. The quantitative estimate of drug-likeness (QED) is 0.435. The summed E-state index contributed by atoms with van der Waals surface area (Å²) in [6, 6.07) is 0. The van der Waals surface area contributed by atoms with Crippen molar-refractivity contribution >= 4 is 0 Å². The van der Waals surface area contributed by atoms with Gasteiger partial charge in [0.25, 0.3) is 0 Å². The molecule has 0 unspecified atom stereocenters. The molecule has 0 aromatic heterocycles. The van der Waals surface area contributed by atoms with E-state index in [1.807, 2.05) is 0 Å². The Kier molecular flexibility index (Phi) is 1.94. The number of hydrogen-bond acceptors (Lipinski definition) is 0. The Morgan fingerprint density at radius 3 is 1.89 bits per heavy atom. The van der Waals surface area contributed by atoms with E-state index in [2.05, 4.69) is 26.8 Å². The minimum atomic E-state index is 0.927. The van der Waals surface area contributed by atoms with Crippen molar-refractivity contribution in [3.63, 3.8) is 0 Å². The highest BCUT2D eigenvalue weighted by Crippen LogP contribution is 2.34. The summed E-state index contributed by atoms with van der Waals surface area (Å²) in [6.45, 7) is 6.85. The lowest BCUT2D eigenvalue weighted by Gasteiger charge is -2.04. The largest absolute Gasteiger partial charge is 0.0884 e. The smallest absolute Gasteiger partial charge is 0.0292 e. The van der Waals surface area contributed by atoms with Gasteiger partial charge in [-0.1, -0.05) is 25.5 Å². The third-order valence-electron chi connectivity index (χ3n) is 2.55. The topological polar surface area (TPSA) is 0 Å². The van der Waals surface area contributed by atoms with Gasteiger partial charge in [-0.05, 0) is 31.6 Å². The normalized spacial score (nSPS) is 40.1. The lowest BCUT2D eigenvalue weighted by molar-refractivity contribution is 0.457. The molecule has 52 valence electrons. The molecule has 0 nitrogen and oxygen atoms in total. The van der Waals surface area contributed by atoms with Crippen molar-refractivity contribution in [1.82, 2.24) is 0 Å². The second-order valence-corrected chi connectivity index (χ2v) is 3.31. The van der Waals surface area contributed by atoms with Crippen molar-refractivity contribution in [1.29, 1.82) is 0 Å². The molecular weight excluding hydrogens is 108 g/mol. The predicted octanol–water partition coefficient (Wildman–Crippen LogP) is 3.00. The lowest BCUT2D eigenvalue weighted by atomic mass is 10.0. The molecule has 0 amide bonds. The van der Waals surface area contributed by atoms with Gasteiger partial charge in [0.1, 0.15) is 0 Å². The van der Waals surface area contributed by atoms with Crippen LogP contribution in [0.3, 0.4) is 0 Å². The minimum absolute atomic E-state index is 0.927. The van der Waals surface area contributed by atoms with Gasteiger partial charge in [-0.25, -0.2) is 0 Å². The van der Waals surface area contributed by atoms with Gasteiger partial charge in [-0.15, -0.1) is 0 Å². The van der Waals surface area contributed by atoms with Crippen molar-refractivity contribution in [2.75, 3.05) is 0 Å². The van der Waals surface area contributed by atoms with Crippen molar-refractivity contribution in [2.24, 2.45) is 11.8 Å².